The molecule has 0 radical (unpaired) electrons. The Bertz CT molecular complexity index is 2930. The predicted molar refractivity (Wildman–Crippen MR) is 269 cm³/mol. The minimum absolute atomic E-state index is 0.0714. The maximum absolute atomic E-state index is 13.6. The van der Waals surface area contributed by atoms with Crippen LogP contribution in [0, 0.1) is 17.2 Å². The number of nitrogens with zero attached hydrogens (tertiary/aromatic N) is 5. The van der Waals surface area contributed by atoms with Crippen LogP contribution in [-0.4, -0.2) is 126 Å². The molecule has 10 rings (SSSR count). The normalized spacial score (nSPS) is 21.3. The monoisotopic (exact) mass is 979 g/mol. The van der Waals surface area contributed by atoms with Gasteiger partial charge in [0.1, 0.15) is 34.5 Å². The van der Waals surface area contributed by atoms with Gasteiger partial charge in [0, 0.05) is 93.0 Å². The highest BCUT2D eigenvalue weighted by molar-refractivity contribution is 6.25. The highest BCUT2D eigenvalue weighted by Crippen LogP contribution is 2.48. The van der Waals surface area contributed by atoms with E-state index in [0.29, 0.717) is 65.9 Å². The molecule has 4 aromatic carbocycles. The molecular weight excluding hydrogens is 922 g/mol. The van der Waals surface area contributed by atoms with Crippen LogP contribution in [0.5, 0.6) is 17.2 Å². The molecule has 5 aliphatic rings. The van der Waals surface area contributed by atoms with Gasteiger partial charge in [0.05, 0.1) is 29.4 Å². The first-order valence-corrected chi connectivity index (χ1v) is 24.7. The topological polar surface area (TPSA) is 195 Å². The van der Waals surface area contributed by atoms with Crippen LogP contribution in [0.1, 0.15) is 73.1 Å². The molecule has 0 bridgehead atoms. The number of methoxy groups -OCH3 is 1. The third-order valence-electron chi connectivity index (χ3n) is 14.9. The van der Waals surface area contributed by atoms with Gasteiger partial charge in [-0.15, -0.1) is 0 Å². The zero-order chi connectivity index (χ0) is 50.3. The number of pyridine rings is 1. The number of rotatable bonds is 15. The summed E-state index contributed by atoms with van der Waals surface area (Å²) in [6, 6.07) is 23.0. The Kier molecular flexibility index (Phi) is 13.4. The molecule has 4 N–H and O–H groups in total. The number of fused-ring (bicyclic) bond motifs is 2. The molecule has 4 fully saturated rings. The van der Waals surface area contributed by atoms with Gasteiger partial charge in [0.2, 0.25) is 23.6 Å². The molecule has 72 heavy (non-hydrogen) atoms. The van der Waals surface area contributed by atoms with Crippen molar-refractivity contribution in [1.29, 1.82) is 0 Å². The number of carbonyl (C=O) groups is 6. The second kappa shape index (κ2) is 20.0. The van der Waals surface area contributed by atoms with Gasteiger partial charge in [0.25, 0.3) is 11.8 Å². The number of amides is 6. The van der Waals surface area contributed by atoms with Gasteiger partial charge in [-0.05, 0) is 131 Å². The van der Waals surface area contributed by atoms with Crippen LogP contribution in [0.2, 0.25) is 0 Å². The molecule has 6 amide bonds. The van der Waals surface area contributed by atoms with E-state index in [1.54, 1.807) is 55.8 Å². The molecule has 17 nitrogen and oxygen atoms in total. The van der Waals surface area contributed by atoms with E-state index in [-0.39, 0.29) is 24.0 Å². The third-order valence-corrected chi connectivity index (χ3v) is 14.9. The lowest BCUT2D eigenvalue weighted by Crippen LogP contribution is -2.58. The van der Waals surface area contributed by atoms with Crippen molar-refractivity contribution >= 4 is 69.1 Å². The van der Waals surface area contributed by atoms with E-state index in [0.717, 1.165) is 79.3 Å². The number of hydrogen-bond acceptors (Lipinski definition) is 13. The summed E-state index contributed by atoms with van der Waals surface area (Å²) in [5, 5.41) is 12.0. The lowest BCUT2D eigenvalue weighted by molar-refractivity contribution is -0.136. The van der Waals surface area contributed by atoms with E-state index < -0.39 is 52.7 Å². The quantitative estimate of drug-likeness (QED) is 0.0644. The van der Waals surface area contributed by atoms with E-state index in [1.165, 1.54) is 24.3 Å². The zero-order valence-corrected chi connectivity index (χ0v) is 40.5. The Morgan fingerprint density at radius 2 is 1.51 bits per heavy atom. The number of ether oxygens (including phenoxy) is 2. The molecule has 374 valence electrons. The molecule has 1 saturated carbocycles. The number of anilines is 4. The largest absolute Gasteiger partial charge is 0.495 e. The van der Waals surface area contributed by atoms with Gasteiger partial charge >= 0.3 is 0 Å². The number of aromatic nitrogens is 1. The average molecular weight is 980 g/mol. The maximum Gasteiger partial charge on any atom is 0.264 e. The van der Waals surface area contributed by atoms with Crippen molar-refractivity contribution in [3.8, 4) is 17.2 Å². The van der Waals surface area contributed by atoms with Crippen molar-refractivity contribution in [2.24, 2.45) is 11.3 Å². The van der Waals surface area contributed by atoms with Crippen LogP contribution >= 0.6 is 0 Å². The van der Waals surface area contributed by atoms with E-state index >= 15 is 0 Å². The Balaban J connectivity index is 0.702. The summed E-state index contributed by atoms with van der Waals surface area (Å²) < 4.78 is 25.7. The smallest absolute Gasteiger partial charge is 0.264 e. The van der Waals surface area contributed by atoms with Crippen LogP contribution in [0.3, 0.4) is 0 Å². The van der Waals surface area contributed by atoms with E-state index in [1.807, 2.05) is 12.1 Å². The maximum atomic E-state index is 13.6. The van der Waals surface area contributed by atoms with Crippen LogP contribution in [0.15, 0.2) is 91.1 Å². The number of hydrogen-bond donors (Lipinski definition) is 4. The molecule has 1 aromatic heterocycles. The summed E-state index contributed by atoms with van der Waals surface area (Å²) in [4.78, 5) is 90.6. The summed E-state index contributed by atoms with van der Waals surface area (Å²) in [7, 11) is 1.67. The lowest BCUT2D eigenvalue weighted by Gasteiger charge is -2.47. The summed E-state index contributed by atoms with van der Waals surface area (Å²) in [6.45, 7) is 10.5. The van der Waals surface area contributed by atoms with Gasteiger partial charge < -0.3 is 30.3 Å². The molecule has 4 aliphatic heterocycles. The fourth-order valence-electron chi connectivity index (χ4n) is 10.8. The summed E-state index contributed by atoms with van der Waals surface area (Å²) in [5.41, 5.74) is 2.62. The van der Waals surface area contributed by atoms with Crippen molar-refractivity contribution in [2.75, 3.05) is 73.8 Å². The molecule has 1 aliphatic carbocycles. The first kappa shape index (κ1) is 48.2. The van der Waals surface area contributed by atoms with Crippen molar-refractivity contribution in [3.05, 3.63) is 108 Å². The van der Waals surface area contributed by atoms with Crippen LogP contribution in [-0.2, 0) is 19.2 Å². The van der Waals surface area contributed by atoms with E-state index in [9.17, 15) is 33.2 Å². The molecule has 3 unspecified atom stereocenters. The van der Waals surface area contributed by atoms with Crippen LogP contribution in [0.25, 0.3) is 10.9 Å². The first-order chi connectivity index (χ1) is 34.8. The summed E-state index contributed by atoms with van der Waals surface area (Å²) in [5.74, 6) is -0.885. The molecule has 5 aromatic rings. The SMILES string of the molecule is COc1cc2c(Oc3ccc(NC(=O)C4(C(=O)Nc5ccc(F)cc5)CC4)cc3)ccnc2cc1N1CCC(CN2C(C)CN(CCNc3cccc4c3C(=O)N(C3CCC(=O)NC3=O)C4=O)CC2C)CC1. The number of piperidine rings is 2. The van der Waals surface area contributed by atoms with Crippen molar-refractivity contribution < 1.29 is 42.6 Å². The second-order valence-corrected chi connectivity index (χ2v) is 19.7. The zero-order valence-electron chi connectivity index (χ0n) is 40.5. The standard InChI is InChI=1S/C54H58FN9O8/c1-32-29-61(26-23-57-41-6-4-5-39-48(41)51(68)64(50(39)67)43-15-16-47(65)60-49(43)66)30-33(2)63(32)31-34-18-24-62(25-19-34)44-28-42-40(27-46(44)71-3)45(17-22-56-42)72-38-13-11-37(12-14-38)59-53(70)54(20-21-54)52(69)58-36-9-7-35(55)8-10-36/h4-14,17,22,27-28,32-34,43,57H,15-16,18-21,23-26,29-31H2,1-3H3,(H,58,69)(H,59,70)(H,60,65,66). The fraction of sp³-hybridized carbons (Fsp3) is 0.389. The molecule has 3 saturated heterocycles. The number of benzene rings is 4. The minimum Gasteiger partial charge on any atom is -0.495 e. The average Bonchev–Trinajstić information content (AvgIpc) is 4.15. The van der Waals surface area contributed by atoms with Crippen LogP contribution < -0.4 is 35.6 Å². The molecule has 0 spiro atoms. The van der Waals surface area contributed by atoms with Gasteiger partial charge in [-0.3, -0.25) is 53.8 Å². The predicted octanol–water partition coefficient (Wildman–Crippen LogP) is 6.66. The third kappa shape index (κ3) is 9.67. The van der Waals surface area contributed by atoms with E-state index in [2.05, 4.69) is 55.9 Å². The van der Waals surface area contributed by atoms with Crippen LogP contribution in [0.4, 0.5) is 27.1 Å². The summed E-state index contributed by atoms with van der Waals surface area (Å²) >= 11 is 0. The minimum atomic E-state index is -1.18. The Morgan fingerprint density at radius 1 is 0.833 bits per heavy atom. The molecule has 3 atom stereocenters. The highest BCUT2D eigenvalue weighted by Gasteiger charge is 2.56. The number of piperazine rings is 1. The lowest BCUT2D eigenvalue weighted by atomic mass is 9.93. The molecule has 5 heterocycles. The van der Waals surface area contributed by atoms with Gasteiger partial charge in [-0.25, -0.2) is 4.39 Å². The second-order valence-electron chi connectivity index (χ2n) is 19.7. The number of imide groups is 2. The van der Waals surface area contributed by atoms with Gasteiger partial charge in [-0.1, -0.05) is 6.07 Å². The Morgan fingerprint density at radius 3 is 2.17 bits per heavy atom. The summed E-state index contributed by atoms with van der Waals surface area (Å²) in [6.07, 6.45) is 4.81. The number of halogens is 1. The molecular formula is C54H58FN9O8. The molecule has 18 heteroatoms. The van der Waals surface area contributed by atoms with Crippen molar-refractivity contribution in [3.63, 3.8) is 0 Å². The first-order valence-electron chi connectivity index (χ1n) is 24.7. The van der Waals surface area contributed by atoms with Gasteiger partial charge in [-0.2, -0.15) is 0 Å². The van der Waals surface area contributed by atoms with Gasteiger partial charge in [0.15, 0.2) is 0 Å². The highest BCUT2D eigenvalue weighted by atomic mass is 19.1. The Labute approximate surface area is 416 Å². The van der Waals surface area contributed by atoms with Crippen molar-refractivity contribution in [1.82, 2.24) is 25.0 Å². The van der Waals surface area contributed by atoms with E-state index in [4.69, 9.17) is 14.5 Å². The fourth-order valence-corrected chi connectivity index (χ4v) is 10.8. The van der Waals surface area contributed by atoms with Crippen molar-refractivity contribution in [2.45, 2.75) is 70.5 Å². The number of carbonyl (C=O) groups excluding carboxylic acids is 6. The Hall–Kier alpha value is -7.44. The number of nitrogens with one attached hydrogen (secondary N) is 4.